The maximum Gasteiger partial charge on any atom is 0.134 e. The van der Waals surface area contributed by atoms with Crippen molar-refractivity contribution in [3.05, 3.63) is 50.4 Å². The Balaban J connectivity index is 1.69. The second-order valence-electron chi connectivity index (χ2n) is 8.29. The van der Waals surface area contributed by atoms with Crippen LogP contribution in [0.4, 0.5) is 5.00 Å². The van der Waals surface area contributed by atoms with E-state index in [2.05, 4.69) is 53.8 Å². The minimum absolute atomic E-state index is 0.301. The molecule has 4 rings (SSSR count). The molecule has 3 nitrogen and oxygen atoms in total. The molecule has 1 aliphatic carbocycles. The average molecular weight is 440 g/mol. The van der Waals surface area contributed by atoms with E-state index in [0.29, 0.717) is 11.3 Å². The molecule has 1 aliphatic rings. The number of nitriles is 1. The maximum atomic E-state index is 9.72. The summed E-state index contributed by atoms with van der Waals surface area (Å²) < 4.78 is 1.04. The Morgan fingerprint density at radius 3 is 2.93 bits per heavy atom. The molecule has 0 saturated heterocycles. The Labute approximate surface area is 172 Å². The molecule has 1 atom stereocenters. The number of halogens is 1. The van der Waals surface area contributed by atoms with Crippen LogP contribution in [-0.2, 0) is 12.8 Å². The maximum absolute atomic E-state index is 9.72. The van der Waals surface area contributed by atoms with E-state index in [1.54, 1.807) is 11.3 Å². The predicted octanol–water partition coefficient (Wildman–Crippen LogP) is 6.77. The number of nitrogens with zero attached hydrogens (tertiary/aromatic N) is 2. The number of aromatic amines is 1. The largest absolute Gasteiger partial charge is 0.361 e. The van der Waals surface area contributed by atoms with Gasteiger partial charge in [0.2, 0.25) is 0 Å². The van der Waals surface area contributed by atoms with Crippen molar-refractivity contribution < 1.29 is 0 Å². The van der Waals surface area contributed by atoms with Crippen LogP contribution in [0.5, 0.6) is 0 Å². The Hall–Kier alpha value is -1.90. The molecule has 0 radical (unpaired) electrons. The number of thiophene rings is 1. The topological polar surface area (TPSA) is 51.9 Å². The predicted molar refractivity (Wildman–Crippen MR) is 117 cm³/mol. The van der Waals surface area contributed by atoms with Gasteiger partial charge in [-0.15, -0.1) is 11.3 Å². The molecule has 0 unspecified atom stereocenters. The molecule has 138 valence electrons. The summed E-state index contributed by atoms with van der Waals surface area (Å²) in [7, 11) is 0. The number of fused-ring (bicyclic) bond motifs is 2. The molecular weight excluding hydrogens is 418 g/mol. The molecule has 0 spiro atoms. The van der Waals surface area contributed by atoms with Gasteiger partial charge in [-0.2, -0.15) is 5.26 Å². The summed E-state index contributed by atoms with van der Waals surface area (Å²) in [5.41, 5.74) is 4.43. The number of nitrogens with one attached hydrogen (secondary N) is 1. The van der Waals surface area contributed by atoms with Crippen LogP contribution in [0.2, 0.25) is 0 Å². The number of rotatable bonds is 2. The van der Waals surface area contributed by atoms with E-state index in [0.717, 1.165) is 50.8 Å². The highest BCUT2D eigenvalue weighted by Crippen LogP contribution is 2.44. The molecule has 1 N–H and O–H groups in total. The van der Waals surface area contributed by atoms with Crippen molar-refractivity contribution in [3.63, 3.8) is 0 Å². The first-order valence-corrected chi connectivity index (χ1v) is 10.8. The molecule has 2 heterocycles. The van der Waals surface area contributed by atoms with Gasteiger partial charge in [-0.3, -0.25) is 0 Å². The zero-order valence-corrected chi connectivity index (χ0v) is 18.2. The summed E-state index contributed by atoms with van der Waals surface area (Å²) in [6.45, 7) is 6.95. The van der Waals surface area contributed by atoms with E-state index in [-0.39, 0.29) is 0 Å². The Morgan fingerprint density at radius 1 is 1.37 bits per heavy atom. The summed E-state index contributed by atoms with van der Waals surface area (Å²) in [6, 6.07) is 8.57. The molecule has 0 amide bonds. The lowest BCUT2D eigenvalue weighted by atomic mass is 9.72. The molecule has 5 heteroatoms. The van der Waals surface area contributed by atoms with Crippen molar-refractivity contribution >= 4 is 49.4 Å². The van der Waals surface area contributed by atoms with Crippen LogP contribution in [-0.4, -0.2) is 11.2 Å². The first-order valence-electron chi connectivity index (χ1n) is 9.22. The fourth-order valence-corrected chi connectivity index (χ4v) is 5.45. The van der Waals surface area contributed by atoms with Gasteiger partial charge in [-0.1, -0.05) is 36.7 Å². The van der Waals surface area contributed by atoms with Crippen LogP contribution in [0, 0.1) is 22.7 Å². The lowest BCUT2D eigenvalue weighted by Crippen LogP contribution is -2.26. The lowest BCUT2D eigenvalue weighted by Gasteiger charge is -2.33. The van der Waals surface area contributed by atoms with Gasteiger partial charge in [0.05, 0.1) is 5.56 Å². The fraction of sp³-hybridized carbons (Fsp3) is 0.364. The number of hydrogen-bond donors (Lipinski definition) is 1. The van der Waals surface area contributed by atoms with Crippen molar-refractivity contribution in [2.45, 2.75) is 40.0 Å². The number of aliphatic imine (C=N–C) groups is 1. The fourth-order valence-electron chi connectivity index (χ4n) is 3.87. The summed E-state index contributed by atoms with van der Waals surface area (Å²) in [5.74, 6) is 0.665. The van der Waals surface area contributed by atoms with E-state index >= 15 is 0 Å². The van der Waals surface area contributed by atoms with E-state index in [1.165, 1.54) is 10.4 Å². The van der Waals surface area contributed by atoms with E-state index in [4.69, 9.17) is 4.99 Å². The minimum Gasteiger partial charge on any atom is -0.361 e. The van der Waals surface area contributed by atoms with Crippen molar-refractivity contribution in [3.8, 4) is 6.07 Å². The van der Waals surface area contributed by atoms with Gasteiger partial charge < -0.3 is 4.98 Å². The molecule has 27 heavy (non-hydrogen) atoms. The first kappa shape index (κ1) is 18.5. The van der Waals surface area contributed by atoms with E-state index < -0.39 is 0 Å². The molecule has 1 aromatic carbocycles. The van der Waals surface area contributed by atoms with Gasteiger partial charge in [0, 0.05) is 38.2 Å². The lowest BCUT2D eigenvalue weighted by molar-refractivity contribution is 0.218. The van der Waals surface area contributed by atoms with Crippen LogP contribution in [0.3, 0.4) is 0 Å². The third kappa shape index (κ3) is 3.49. The third-order valence-corrected chi connectivity index (χ3v) is 7.24. The smallest absolute Gasteiger partial charge is 0.134 e. The van der Waals surface area contributed by atoms with E-state index in [1.807, 2.05) is 24.5 Å². The minimum atomic E-state index is 0.301. The number of benzene rings is 1. The van der Waals surface area contributed by atoms with Crippen LogP contribution < -0.4 is 0 Å². The highest BCUT2D eigenvalue weighted by Gasteiger charge is 2.32. The van der Waals surface area contributed by atoms with Crippen molar-refractivity contribution in [2.24, 2.45) is 16.3 Å². The first-order chi connectivity index (χ1) is 12.9. The number of H-pyrrole nitrogens is 1. The van der Waals surface area contributed by atoms with Gasteiger partial charge in [0.1, 0.15) is 11.1 Å². The Kier molecular flexibility index (Phi) is 4.73. The van der Waals surface area contributed by atoms with Crippen molar-refractivity contribution in [1.82, 2.24) is 4.98 Å². The SMILES string of the molecule is CC(C)(C)[C@H]1CCc2c(sc(N=Cc3c[nH]c4ccc(Br)cc34)c2C#N)C1. The zero-order valence-electron chi connectivity index (χ0n) is 15.8. The Morgan fingerprint density at radius 2 is 2.19 bits per heavy atom. The molecule has 0 bridgehead atoms. The highest BCUT2D eigenvalue weighted by molar-refractivity contribution is 9.10. The van der Waals surface area contributed by atoms with Crippen LogP contribution >= 0.6 is 27.3 Å². The second-order valence-corrected chi connectivity index (χ2v) is 10.3. The number of aromatic nitrogens is 1. The van der Waals surface area contributed by atoms with Gasteiger partial charge in [0.15, 0.2) is 0 Å². The highest BCUT2D eigenvalue weighted by atomic mass is 79.9. The molecule has 3 aromatic rings. The summed E-state index contributed by atoms with van der Waals surface area (Å²) in [5, 5.41) is 11.7. The van der Waals surface area contributed by atoms with Crippen LogP contribution in [0.15, 0.2) is 33.9 Å². The van der Waals surface area contributed by atoms with E-state index in [9.17, 15) is 5.26 Å². The molecule has 2 aromatic heterocycles. The normalized spacial score (nSPS) is 17.4. The van der Waals surface area contributed by atoms with Crippen LogP contribution in [0.25, 0.3) is 10.9 Å². The molecule has 0 saturated carbocycles. The summed E-state index contributed by atoms with van der Waals surface area (Å²) in [4.78, 5) is 9.36. The zero-order chi connectivity index (χ0) is 19.2. The third-order valence-electron chi connectivity index (χ3n) is 5.58. The average Bonchev–Trinajstić information content (AvgIpc) is 3.18. The van der Waals surface area contributed by atoms with Gasteiger partial charge >= 0.3 is 0 Å². The second kappa shape index (κ2) is 6.92. The summed E-state index contributed by atoms with van der Waals surface area (Å²) in [6.07, 6.45) is 7.06. The molecule has 0 fully saturated rings. The van der Waals surface area contributed by atoms with Gasteiger partial charge in [0.25, 0.3) is 0 Å². The van der Waals surface area contributed by atoms with Crippen molar-refractivity contribution in [2.75, 3.05) is 0 Å². The molecule has 0 aliphatic heterocycles. The standard InChI is InChI=1S/C22H22BrN3S/c1-22(2,3)14-4-6-16-18(10-24)21(27-20(16)8-14)26-12-13-11-25-19-7-5-15(23)9-17(13)19/h5,7,9,11-12,14,25H,4,6,8H2,1-3H3/t14-/m0/s1. The van der Waals surface area contributed by atoms with Gasteiger partial charge in [-0.25, -0.2) is 4.99 Å². The number of hydrogen-bond acceptors (Lipinski definition) is 3. The quantitative estimate of drug-likeness (QED) is 0.440. The summed E-state index contributed by atoms with van der Waals surface area (Å²) >= 11 is 5.23. The van der Waals surface area contributed by atoms with Gasteiger partial charge in [-0.05, 0) is 54.4 Å². The van der Waals surface area contributed by atoms with Crippen molar-refractivity contribution in [1.29, 1.82) is 5.26 Å². The van der Waals surface area contributed by atoms with Crippen LogP contribution in [0.1, 0.15) is 48.8 Å². The Bertz CT molecular complexity index is 1080. The molecular formula is C22H22BrN3S. The monoisotopic (exact) mass is 439 g/mol.